The molecule has 0 spiro atoms. The van der Waals surface area contributed by atoms with Gasteiger partial charge in [0.25, 0.3) is 0 Å². The molecule has 3 N–H and O–H groups in total. The van der Waals surface area contributed by atoms with Crippen LogP contribution in [0.1, 0.15) is 12.8 Å². The predicted octanol–water partition coefficient (Wildman–Crippen LogP) is 2.69. The van der Waals surface area contributed by atoms with Crippen LogP contribution in [0.3, 0.4) is 0 Å². The van der Waals surface area contributed by atoms with Crippen molar-refractivity contribution < 1.29 is 9.50 Å². The molecule has 0 aliphatic heterocycles. The number of aromatic nitrogens is 3. The van der Waals surface area contributed by atoms with Gasteiger partial charge in [0.15, 0.2) is 11.6 Å². The van der Waals surface area contributed by atoms with Crippen molar-refractivity contribution in [1.29, 1.82) is 0 Å². The van der Waals surface area contributed by atoms with E-state index in [2.05, 4.69) is 25.6 Å². The zero-order valence-corrected chi connectivity index (χ0v) is 11.0. The molecule has 0 atom stereocenters. The van der Waals surface area contributed by atoms with Gasteiger partial charge in [-0.2, -0.15) is 15.0 Å². The molecular weight excluding hydrogens is 285 g/mol. The number of hydrogen-bond donors (Lipinski definition) is 3. The van der Waals surface area contributed by atoms with Gasteiger partial charge in [-0.15, -0.1) is 0 Å². The van der Waals surface area contributed by atoms with Crippen molar-refractivity contribution in [2.75, 3.05) is 10.6 Å². The zero-order chi connectivity index (χ0) is 14.1. The summed E-state index contributed by atoms with van der Waals surface area (Å²) >= 11 is 5.82. The summed E-state index contributed by atoms with van der Waals surface area (Å²) in [6.07, 6.45) is 2.16. The molecular formula is C12H11ClFN5O. The molecule has 8 heteroatoms. The van der Waals surface area contributed by atoms with Gasteiger partial charge in [0.2, 0.25) is 17.2 Å². The second-order valence-electron chi connectivity index (χ2n) is 4.46. The van der Waals surface area contributed by atoms with Crippen LogP contribution in [0.25, 0.3) is 0 Å². The summed E-state index contributed by atoms with van der Waals surface area (Å²) < 4.78 is 13.2. The van der Waals surface area contributed by atoms with E-state index in [4.69, 9.17) is 16.7 Å². The van der Waals surface area contributed by atoms with Crippen LogP contribution < -0.4 is 10.6 Å². The highest BCUT2D eigenvalue weighted by Crippen LogP contribution is 2.25. The molecule has 20 heavy (non-hydrogen) atoms. The van der Waals surface area contributed by atoms with E-state index in [0.717, 1.165) is 18.9 Å². The van der Waals surface area contributed by atoms with Crippen molar-refractivity contribution in [2.24, 2.45) is 0 Å². The van der Waals surface area contributed by atoms with E-state index < -0.39 is 11.6 Å². The molecule has 1 heterocycles. The second-order valence-corrected chi connectivity index (χ2v) is 4.80. The predicted molar refractivity (Wildman–Crippen MR) is 72.8 cm³/mol. The first-order valence-electron chi connectivity index (χ1n) is 6.04. The molecule has 1 saturated carbocycles. The minimum atomic E-state index is -0.730. The van der Waals surface area contributed by atoms with Crippen molar-refractivity contribution in [3.05, 3.63) is 29.3 Å². The number of nitrogens with zero attached hydrogens (tertiary/aromatic N) is 3. The summed E-state index contributed by atoms with van der Waals surface area (Å²) in [4.78, 5) is 12.0. The number of anilines is 3. The molecule has 1 aliphatic carbocycles. The van der Waals surface area contributed by atoms with Crippen LogP contribution in [0.5, 0.6) is 5.75 Å². The molecule has 1 aliphatic rings. The molecule has 3 rings (SSSR count). The topological polar surface area (TPSA) is 83.0 Å². The first kappa shape index (κ1) is 12.9. The maximum absolute atomic E-state index is 13.2. The fourth-order valence-electron chi connectivity index (χ4n) is 1.59. The van der Waals surface area contributed by atoms with Crippen molar-refractivity contribution >= 4 is 29.2 Å². The Morgan fingerprint density at radius 1 is 1.20 bits per heavy atom. The number of nitrogens with one attached hydrogen (secondary N) is 2. The average molecular weight is 296 g/mol. The Balaban J connectivity index is 1.81. The van der Waals surface area contributed by atoms with Crippen LogP contribution in [-0.2, 0) is 0 Å². The van der Waals surface area contributed by atoms with E-state index in [1.807, 2.05) is 0 Å². The maximum atomic E-state index is 13.2. The molecule has 0 unspecified atom stereocenters. The van der Waals surface area contributed by atoms with Crippen molar-refractivity contribution in [3.8, 4) is 5.75 Å². The van der Waals surface area contributed by atoms with Gasteiger partial charge in [0, 0.05) is 17.8 Å². The zero-order valence-electron chi connectivity index (χ0n) is 10.3. The van der Waals surface area contributed by atoms with Gasteiger partial charge < -0.3 is 15.7 Å². The van der Waals surface area contributed by atoms with Gasteiger partial charge in [-0.25, -0.2) is 4.39 Å². The van der Waals surface area contributed by atoms with Gasteiger partial charge in [0.1, 0.15) is 0 Å². The number of aromatic hydroxyl groups is 1. The van der Waals surface area contributed by atoms with E-state index in [0.29, 0.717) is 17.7 Å². The summed E-state index contributed by atoms with van der Waals surface area (Å²) in [5, 5.41) is 15.1. The number of phenolic OH excluding ortho intramolecular Hbond substituents is 1. The van der Waals surface area contributed by atoms with Crippen LogP contribution in [0.15, 0.2) is 18.2 Å². The van der Waals surface area contributed by atoms with Crippen molar-refractivity contribution in [2.45, 2.75) is 18.9 Å². The Bertz CT molecular complexity index is 650. The molecule has 0 saturated heterocycles. The summed E-state index contributed by atoms with van der Waals surface area (Å²) in [6, 6.07) is 4.27. The van der Waals surface area contributed by atoms with Crippen LogP contribution in [0, 0.1) is 5.82 Å². The van der Waals surface area contributed by atoms with Crippen LogP contribution in [0.4, 0.5) is 22.0 Å². The number of benzene rings is 1. The summed E-state index contributed by atoms with van der Waals surface area (Å²) in [5.74, 6) is -0.556. The highest BCUT2D eigenvalue weighted by Gasteiger charge is 2.22. The van der Waals surface area contributed by atoms with Crippen LogP contribution >= 0.6 is 11.6 Å². The Morgan fingerprint density at radius 3 is 2.65 bits per heavy atom. The number of halogens is 2. The van der Waals surface area contributed by atoms with E-state index in [1.54, 1.807) is 0 Å². The van der Waals surface area contributed by atoms with E-state index in [9.17, 15) is 4.39 Å². The third-order valence-corrected chi connectivity index (χ3v) is 2.89. The molecule has 1 fully saturated rings. The third kappa shape index (κ3) is 3.05. The quantitative estimate of drug-likeness (QED) is 0.752. The molecule has 104 valence electrons. The Hall–Kier alpha value is -2.15. The monoisotopic (exact) mass is 295 g/mol. The van der Waals surface area contributed by atoms with Gasteiger partial charge >= 0.3 is 0 Å². The van der Waals surface area contributed by atoms with Gasteiger partial charge in [-0.05, 0) is 36.6 Å². The summed E-state index contributed by atoms with van der Waals surface area (Å²) in [7, 11) is 0. The molecule has 1 aromatic carbocycles. The average Bonchev–Trinajstić information content (AvgIpc) is 3.17. The molecule has 2 aromatic rings. The van der Waals surface area contributed by atoms with Gasteiger partial charge in [-0.1, -0.05) is 0 Å². The highest BCUT2D eigenvalue weighted by molar-refractivity contribution is 6.28. The lowest BCUT2D eigenvalue weighted by atomic mass is 10.3. The number of rotatable bonds is 4. The number of phenols is 1. The summed E-state index contributed by atoms with van der Waals surface area (Å²) in [5.41, 5.74) is 0.403. The van der Waals surface area contributed by atoms with E-state index in [1.165, 1.54) is 12.1 Å². The van der Waals surface area contributed by atoms with Gasteiger partial charge in [0.05, 0.1) is 0 Å². The smallest absolute Gasteiger partial charge is 0.233 e. The maximum Gasteiger partial charge on any atom is 0.233 e. The largest absolute Gasteiger partial charge is 0.505 e. The van der Waals surface area contributed by atoms with E-state index >= 15 is 0 Å². The minimum absolute atomic E-state index is 0.0462. The van der Waals surface area contributed by atoms with Crippen LogP contribution in [0.2, 0.25) is 5.28 Å². The SMILES string of the molecule is Oc1ccc(Nc2nc(Cl)nc(NC3CC3)n2)cc1F. The first-order valence-corrected chi connectivity index (χ1v) is 6.41. The Kier molecular flexibility index (Phi) is 3.27. The third-order valence-electron chi connectivity index (χ3n) is 2.72. The van der Waals surface area contributed by atoms with Crippen molar-refractivity contribution in [1.82, 2.24) is 15.0 Å². The molecule has 1 aromatic heterocycles. The Morgan fingerprint density at radius 2 is 1.95 bits per heavy atom. The summed E-state index contributed by atoms with van der Waals surface area (Å²) in [6.45, 7) is 0. The first-order chi connectivity index (χ1) is 9.60. The lowest BCUT2D eigenvalue weighted by molar-refractivity contribution is 0.432. The second kappa shape index (κ2) is 5.09. The number of hydrogen-bond acceptors (Lipinski definition) is 6. The fraction of sp³-hybridized carbons (Fsp3) is 0.250. The van der Waals surface area contributed by atoms with Crippen molar-refractivity contribution in [3.63, 3.8) is 0 Å². The minimum Gasteiger partial charge on any atom is -0.505 e. The highest BCUT2D eigenvalue weighted by atomic mass is 35.5. The fourth-order valence-corrected chi connectivity index (χ4v) is 1.75. The van der Waals surface area contributed by atoms with Crippen LogP contribution in [-0.4, -0.2) is 26.1 Å². The Labute approximate surface area is 119 Å². The van der Waals surface area contributed by atoms with Gasteiger partial charge in [-0.3, -0.25) is 0 Å². The lowest BCUT2D eigenvalue weighted by Gasteiger charge is -2.08. The molecule has 6 nitrogen and oxygen atoms in total. The molecule has 0 amide bonds. The standard InChI is InChI=1S/C12H11ClFN5O/c13-10-17-11(15-6-1-2-6)19-12(18-10)16-7-3-4-9(20)8(14)5-7/h3-6,20H,1-2H2,(H2,15,16,17,18,19). The lowest BCUT2D eigenvalue weighted by Crippen LogP contribution is -2.08. The van der Waals surface area contributed by atoms with E-state index in [-0.39, 0.29) is 11.2 Å². The normalized spacial score (nSPS) is 14.1. The molecule has 0 radical (unpaired) electrons. The molecule has 0 bridgehead atoms.